The molecule has 0 bridgehead atoms. The van der Waals surface area contributed by atoms with E-state index in [1.54, 1.807) is 12.1 Å². The molecular formula is C17H19FO2. The summed E-state index contributed by atoms with van der Waals surface area (Å²) in [7, 11) is 0. The van der Waals surface area contributed by atoms with E-state index >= 15 is 0 Å². The van der Waals surface area contributed by atoms with Crippen LogP contribution >= 0.6 is 0 Å². The summed E-state index contributed by atoms with van der Waals surface area (Å²) >= 11 is 0. The summed E-state index contributed by atoms with van der Waals surface area (Å²) in [6.07, 6.45) is 4.91. The van der Waals surface area contributed by atoms with E-state index in [0.717, 1.165) is 43.2 Å². The Morgan fingerprint density at radius 2 is 1.25 bits per heavy atom. The van der Waals surface area contributed by atoms with E-state index in [-0.39, 0.29) is 17.3 Å². The van der Waals surface area contributed by atoms with E-state index < -0.39 is 0 Å². The van der Waals surface area contributed by atoms with Crippen LogP contribution < -0.4 is 0 Å². The molecule has 0 aromatic heterocycles. The SMILES string of the molecule is Oc1cc(O)cc(CCCCCc2ccc(F)cc2)c1. The highest BCUT2D eigenvalue weighted by Crippen LogP contribution is 2.21. The Bertz CT molecular complexity index is 529. The molecule has 0 spiro atoms. The van der Waals surface area contributed by atoms with Crippen molar-refractivity contribution in [3.05, 3.63) is 59.4 Å². The van der Waals surface area contributed by atoms with E-state index in [1.165, 1.54) is 18.2 Å². The third-order valence-electron chi connectivity index (χ3n) is 3.31. The highest BCUT2D eigenvalue weighted by atomic mass is 19.1. The largest absolute Gasteiger partial charge is 0.508 e. The zero-order chi connectivity index (χ0) is 14.4. The zero-order valence-corrected chi connectivity index (χ0v) is 11.3. The van der Waals surface area contributed by atoms with Crippen molar-refractivity contribution in [3.63, 3.8) is 0 Å². The first-order chi connectivity index (χ1) is 9.63. The molecule has 106 valence electrons. The van der Waals surface area contributed by atoms with Crippen molar-refractivity contribution >= 4 is 0 Å². The molecule has 0 fully saturated rings. The molecule has 2 nitrogen and oxygen atoms in total. The van der Waals surface area contributed by atoms with Crippen LogP contribution in [0.2, 0.25) is 0 Å². The highest BCUT2D eigenvalue weighted by Gasteiger charge is 2.00. The molecule has 3 heteroatoms. The molecule has 20 heavy (non-hydrogen) atoms. The normalized spacial score (nSPS) is 10.7. The number of halogens is 1. The maximum absolute atomic E-state index is 12.7. The summed E-state index contributed by atoms with van der Waals surface area (Å²) in [6, 6.07) is 11.3. The van der Waals surface area contributed by atoms with Crippen LogP contribution in [-0.4, -0.2) is 10.2 Å². The minimum Gasteiger partial charge on any atom is -0.508 e. The predicted molar refractivity (Wildman–Crippen MR) is 77.4 cm³/mol. The van der Waals surface area contributed by atoms with E-state index in [4.69, 9.17) is 0 Å². The number of aryl methyl sites for hydroxylation is 2. The number of rotatable bonds is 6. The lowest BCUT2D eigenvalue weighted by molar-refractivity contribution is 0.449. The third kappa shape index (κ3) is 4.57. The summed E-state index contributed by atoms with van der Waals surface area (Å²) in [5.41, 5.74) is 2.10. The summed E-state index contributed by atoms with van der Waals surface area (Å²) in [6.45, 7) is 0. The molecule has 0 saturated carbocycles. The summed E-state index contributed by atoms with van der Waals surface area (Å²) < 4.78 is 12.7. The highest BCUT2D eigenvalue weighted by molar-refractivity contribution is 5.36. The summed E-state index contributed by atoms with van der Waals surface area (Å²) in [5.74, 6) is 0.00932. The lowest BCUT2D eigenvalue weighted by Gasteiger charge is -2.04. The second-order valence-corrected chi connectivity index (χ2v) is 5.04. The van der Waals surface area contributed by atoms with Crippen molar-refractivity contribution in [2.45, 2.75) is 32.1 Å². The average molecular weight is 274 g/mol. The lowest BCUT2D eigenvalue weighted by Crippen LogP contribution is -1.89. The predicted octanol–water partition coefficient (Wildman–Crippen LogP) is 4.19. The fourth-order valence-corrected chi connectivity index (χ4v) is 2.29. The van der Waals surface area contributed by atoms with Gasteiger partial charge >= 0.3 is 0 Å². The van der Waals surface area contributed by atoms with Crippen LogP contribution in [0.25, 0.3) is 0 Å². The molecule has 2 aromatic carbocycles. The van der Waals surface area contributed by atoms with Crippen LogP contribution in [0.4, 0.5) is 4.39 Å². The van der Waals surface area contributed by atoms with E-state index in [0.29, 0.717) is 0 Å². The minimum absolute atomic E-state index is 0.103. The van der Waals surface area contributed by atoms with Crippen molar-refractivity contribution < 1.29 is 14.6 Å². The van der Waals surface area contributed by atoms with Crippen LogP contribution in [0.15, 0.2) is 42.5 Å². The van der Waals surface area contributed by atoms with Crippen molar-refractivity contribution in [1.29, 1.82) is 0 Å². The molecule has 0 aliphatic rings. The Balaban J connectivity index is 1.70. The molecule has 0 atom stereocenters. The first kappa shape index (κ1) is 14.4. The van der Waals surface area contributed by atoms with Gasteiger partial charge in [0.1, 0.15) is 17.3 Å². The molecule has 0 radical (unpaired) electrons. The standard InChI is InChI=1S/C17H19FO2/c18-15-8-6-13(7-9-15)4-2-1-3-5-14-10-16(19)12-17(20)11-14/h6-12,19-20H,1-5H2. The van der Waals surface area contributed by atoms with Gasteiger partial charge in [0.2, 0.25) is 0 Å². The molecule has 0 saturated heterocycles. The molecular weight excluding hydrogens is 255 g/mol. The van der Waals surface area contributed by atoms with Gasteiger partial charge in [-0.1, -0.05) is 18.6 Å². The fourth-order valence-electron chi connectivity index (χ4n) is 2.29. The van der Waals surface area contributed by atoms with Gasteiger partial charge in [-0.25, -0.2) is 4.39 Å². The van der Waals surface area contributed by atoms with Crippen molar-refractivity contribution in [1.82, 2.24) is 0 Å². The van der Waals surface area contributed by atoms with Crippen molar-refractivity contribution in [2.75, 3.05) is 0 Å². The molecule has 0 unspecified atom stereocenters. The van der Waals surface area contributed by atoms with Crippen molar-refractivity contribution in [3.8, 4) is 11.5 Å². The number of hydrogen-bond acceptors (Lipinski definition) is 2. The molecule has 2 rings (SSSR count). The van der Waals surface area contributed by atoms with E-state index in [9.17, 15) is 14.6 Å². The van der Waals surface area contributed by atoms with E-state index in [2.05, 4.69) is 0 Å². The molecule has 2 aromatic rings. The topological polar surface area (TPSA) is 40.5 Å². The minimum atomic E-state index is -0.197. The Morgan fingerprint density at radius 3 is 1.85 bits per heavy atom. The molecule has 0 amide bonds. The maximum atomic E-state index is 12.7. The Labute approximate surface area is 118 Å². The van der Waals surface area contributed by atoms with E-state index in [1.807, 2.05) is 12.1 Å². The Hall–Kier alpha value is -2.03. The number of phenols is 2. The van der Waals surface area contributed by atoms with Gasteiger partial charge in [-0.2, -0.15) is 0 Å². The third-order valence-corrected chi connectivity index (χ3v) is 3.31. The average Bonchev–Trinajstić information content (AvgIpc) is 2.39. The summed E-state index contributed by atoms with van der Waals surface area (Å²) in [5, 5.41) is 18.8. The molecule has 0 aliphatic carbocycles. The van der Waals surface area contributed by atoms with Gasteiger partial charge in [0.15, 0.2) is 0 Å². The molecule has 2 N–H and O–H groups in total. The van der Waals surface area contributed by atoms with Crippen molar-refractivity contribution in [2.24, 2.45) is 0 Å². The Kier molecular flexibility index (Phi) is 4.99. The van der Waals surface area contributed by atoms with Crippen LogP contribution in [0.3, 0.4) is 0 Å². The fraction of sp³-hybridized carbons (Fsp3) is 0.294. The van der Waals surface area contributed by atoms with Crippen LogP contribution in [-0.2, 0) is 12.8 Å². The van der Waals surface area contributed by atoms with Gasteiger partial charge < -0.3 is 10.2 Å². The number of benzene rings is 2. The first-order valence-electron chi connectivity index (χ1n) is 6.90. The second kappa shape index (κ2) is 6.94. The number of aromatic hydroxyl groups is 2. The molecule has 0 heterocycles. The van der Waals surface area contributed by atoms with Crippen LogP contribution in [0, 0.1) is 5.82 Å². The number of unbranched alkanes of at least 4 members (excludes halogenated alkanes) is 2. The summed E-state index contributed by atoms with van der Waals surface area (Å²) in [4.78, 5) is 0. The van der Waals surface area contributed by atoms with Gasteiger partial charge in [0.25, 0.3) is 0 Å². The van der Waals surface area contributed by atoms with Gasteiger partial charge in [-0.3, -0.25) is 0 Å². The zero-order valence-electron chi connectivity index (χ0n) is 11.3. The van der Waals surface area contributed by atoms with Gasteiger partial charge in [-0.05, 0) is 61.1 Å². The maximum Gasteiger partial charge on any atom is 0.123 e. The Morgan fingerprint density at radius 1 is 0.700 bits per heavy atom. The second-order valence-electron chi connectivity index (χ2n) is 5.04. The van der Waals surface area contributed by atoms with Gasteiger partial charge in [0.05, 0.1) is 0 Å². The number of hydrogen-bond donors (Lipinski definition) is 2. The first-order valence-corrected chi connectivity index (χ1v) is 6.90. The molecule has 0 aliphatic heterocycles. The van der Waals surface area contributed by atoms with Crippen LogP contribution in [0.1, 0.15) is 30.4 Å². The number of phenolic OH excluding ortho intramolecular Hbond substituents is 2. The lowest BCUT2D eigenvalue weighted by atomic mass is 10.0. The smallest absolute Gasteiger partial charge is 0.123 e. The quantitative estimate of drug-likeness (QED) is 0.775. The van der Waals surface area contributed by atoms with Crippen LogP contribution in [0.5, 0.6) is 11.5 Å². The monoisotopic (exact) mass is 274 g/mol. The van der Waals surface area contributed by atoms with Gasteiger partial charge in [-0.15, -0.1) is 0 Å². The van der Waals surface area contributed by atoms with Gasteiger partial charge in [0, 0.05) is 6.07 Å².